The molecule has 20 heterocycles. The Morgan fingerprint density at radius 3 is 0.800 bits per heavy atom. The second kappa shape index (κ2) is 30.1. The number of nitrogens with zero attached hydrogens (tertiary/aromatic N) is 15. The predicted octanol–water partition coefficient (Wildman–Crippen LogP) is 26.6. The van der Waals surface area contributed by atoms with Crippen LogP contribution in [0.2, 0.25) is 0 Å². The number of hydrogen-bond acceptors (Lipinski definition) is 15. The third kappa shape index (κ3) is 11.5. The second-order valence-electron chi connectivity index (χ2n) is 39.5. The van der Waals surface area contributed by atoms with E-state index in [0.717, 1.165) is 119 Å². The lowest BCUT2D eigenvalue weighted by Crippen LogP contribution is -2.26. The molecule has 0 radical (unpaired) electrons. The van der Waals surface area contributed by atoms with Crippen LogP contribution in [0.5, 0.6) is 0 Å². The highest BCUT2D eigenvalue weighted by molar-refractivity contribution is 6.02. The second-order valence-corrected chi connectivity index (χ2v) is 39.5. The summed E-state index contributed by atoms with van der Waals surface area (Å²) in [4.78, 5) is 57.6. The smallest absolute Gasteiger partial charge is 0.141 e. The Bertz CT molecular complexity index is 7660. The fourth-order valence-corrected chi connectivity index (χ4v) is 26.6. The predicted molar refractivity (Wildman–Crippen MR) is 553 cm³/mol. The van der Waals surface area contributed by atoms with E-state index in [0.29, 0.717) is 0 Å². The average Bonchev–Trinajstić information content (AvgIpc) is 1.65. The normalized spacial score (nSPS) is 14.6. The Labute approximate surface area is 809 Å². The molecule has 15 aliphatic rings. The van der Waals surface area contributed by atoms with E-state index < -0.39 is 0 Å². The van der Waals surface area contributed by atoms with Gasteiger partial charge in [0.05, 0.1) is 109 Å². The number of rotatable bonds is 0. The van der Waals surface area contributed by atoms with Crippen LogP contribution in [0.15, 0.2) is 336 Å². The Kier molecular flexibility index (Phi) is 16.8. The molecule has 660 valence electrons. The van der Waals surface area contributed by atoms with Crippen LogP contribution < -0.4 is 24.5 Å². The summed E-state index contributed by atoms with van der Waals surface area (Å²) in [6, 6.07) is 86.5. The molecule has 5 aliphatic carbocycles. The van der Waals surface area contributed by atoms with Crippen molar-refractivity contribution in [1.82, 2.24) is 49.8 Å². The summed E-state index contributed by atoms with van der Waals surface area (Å²) in [6.45, 7) is 0. The van der Waals surface area contributed by atoms with Gasteiger partial charge in [-0.1, -0.05) is 158 Å². The first-order valence-electron chi connectivity index (χ1n) is 49.0. The molecule has 0 amide bonds. The Hall–Kier alpha value is -17.3. The van der Waals surface area contributed by atoms with Crippen molar-refractivity contribution in [2.45, 2.75) is 96.3 Å². The minimum atomic E-state index is 0.890. The number of pyridine rings is 10. The van der Waals surface area contributed by atoms with E-state index in [1.54, 1.807) is 0 Å². The van der Waals surface area contributed by atoms with Gasteiger partial charge in [0.2, 0.25) is 0 Å². The van der Waals surface area contributed by atoms with E-state index in [2.05, 4.69) is 273 Å². The minimum Gasteiger partial charge on any atom is -0.309 e. The van der Waals surface area contributed by atoms with E-state index in [-0.39, 0.29) is 0 Å². The van der Waals surface area contributed by atoms with Crippen LogP contribution in [0.4, 0.5) is 85.4 Å². The van der Waals surface area contributed by atoms with Gasteiger partial charge in [0, 0.05) is 151 Å². The molecule has 15 heteroatoms. The topological polar surface area (TPSA) is 145 Å². The van der Waals surface area contributed by atoms with Gasteiger partial charge in [-0.2, -0.15) is 0 Å². The summed E-state index contributed by atoms with van der Waals surface area (Å²) in [7, 11) is 0. The maximum Gasteiger partial charge on any atom is 0.141 e. The molecule has 10 aliphatic heterocycles. The molecule has 35 rings (SSSR count). The Morgan fingerprint density at radius 2 is 0.414 bits per heavy atom. The van der Waals surface area contributed by atoms with E-state index in [1.807, 2.05) is 117 Å². The SMILES string of the molecule is c1ccc2c(c1)Cc1cc3c4c(c1-2)Cc1cccnc1N4c1cccnc1C3.c1ccc2c(c1)Cc1cc3c4c(c1-2)Cc1ccncc1N4c1cccnc1C3.c1ccc2c(c1)Cc1cc3c4c(c1-2)Cc1ccncc1N4c1ccncc1C3.c1ccc2c(c1)Cc1cc3c4c(c1-2)Cc1cnccc1N4c1ccncc1C3.c1ccc2c(c1)Cc1cc3c4c(c1-2)Cc1ncccc1N4c1ccncc1C3. The van der Waals surface area contributed by atoms with Gasteiger partial charge in [0.15, 0.2) is 0 Å². The highest BCUT2D eigenvalue weighted by Gasteiger charge is 2.45. The molecule has 15 nitrogen and oxygen atoms in total. The van der Waals surface area contributed by atoms with Crippen LogP contribution in [0.3, 0.4) is 0 Å². The summed E-state index contributed by atoms with van der Waals surface area (Å²) in [5, 5.41) is 0. The van der Waals surface area contributed by atoms with Crippen molar-refractivity contribution in [3.63, 3.8) is 0 Å². The van der Waals surface area contributed by atoms with Crippen molar-refractivity contribution in [2.75, 3.05) is 24.5 Å². The Balaban J connectivity index is 0.0000000806. The van der Waals surface area contributed by atoms with Gasteiger partial charge in [-0.05, 0) is 317 Å². The average molecular weight is 1800 g/mol. The molecule has 0 saturated heterocycles. The monoisotopic (exact) mass is 1800 g/mol. The number of aromatic nitrogens is 10. The lowest BCUT2D eigenvalue weighted by molar-refractivity contribution is 0.948. The van der Waals surface area contributed by atoms with Gasteiger partial charge in [0.1, 0.15) is 5.82 Å². The first-order valence-corrected chi connectivity index (χ1v) is 49.0. The molecule has 0 fully saturated rings. The van der Waals surface area contributed by atoms with Crippen LogP contribution in [-0.2, 0) is 96.3 Å². The van der Waals surface area contributed by atoms with E-state index in [9.17, 15) is 0 Å². The molecule has 10 aromatic heterocycles. The highest BCUT2D eigenvalue weighted by Crippen LogP contribution is 2.63. The Morgan fingerprint density at radius 1 is 0.157 bits per heavy atom. The first-order chi connectivity index (χ1) is 69.4. The number of hydrogen-bond donors (Lipinski definition) is 0. The molecule has 0 atom stereocenters. The summed E-state index contributed by atoms with van der Waals surface area (Å²) >= 11 is 0. The van der Waals surface area contributed by atoms with Gasteiger partial charge >= 0.3 is 0 Å². The zero-order chi connectivity index (χ0) is 91.2. The summed E-state index contributed by atoms with van der Waals surface area (Å²) in [5.41, 5.74) is 73.4. The maximum atomic E-state index is 4.78. The van der Waals surface area contributed by atoms with Crippen molar-refractivity contribution < 1.29 is 0 Å². The maximum absolute atomic E-state index is 4.78. The van der Waals surface area contributed by atoms with Crippen molar-refractivity contribution in [3.05, 3.63) is 503 Å². The first kappa shape index (κ1) is 77.9. The summed E-state index contributed by atoms with van der Waals surface area (Å²) < 4.78 is 0. The van der Waals surface area contributed by atoms with Gasteiger partial charge in [-0.25, -0.2) is 4.98 Å². The molecule has 0 spiro atoms. The standard InChI is InChI=1S/5C25H17N3/c1-2-7-19-15(5-1)11-17-12-18-14-21-22(8-4-9-26-21)28-24(18)20(23(17)19)13-16-6-3-10-27-25(16)28;1-2-5-19-15(4-1)10-16-11-17-12-18-14-26-9-7-22(18)28-23-6-3-8-27-21(23)13-20(24(16)19)25(17)28;1-2-5-19-15(4-1)10-17-11-18-13-21-22(6-3-8-27-21)28-23-14-26-9-7-16(23)12-20(24(17)19)25(18)28;1-2-4-20-15(3-1)9-16-10-17-11-18-13-26-7-5-22(18)28-23-6-8-27-14-19(23)12-21(24(16)20)25(17)28;1-2-4-20-15(3-1)9-17-10-18-11-19-13-26-8-6-22(19)28-23-14-27-7-5-16(23)12-21(24(17)20)25(18)28/h1-10,12H,11,13-14H2;2*1-9,11,14H,10,12-13H2;2*1-8,10,13-14H,9,11-12H2. The van der Waals surface area contributed by atoms with E-state index >= 15 is 0 Å². The zero-order valence-electron chi connectivity index (χ0n) is 76.6. The molecule has 10 aromatic carbocycles. The third-order valence-electron chi connectivity index (χ3n) is 32.1. The number of benzene rings is 10. The van der Waals surface area contributed by atoms with Crippen molar-refractivity contribution in [2.24, 2.45) is 0 Å². The fourth-order valence-electron chi connectivity index (χ4n) is 26.6. The zero-order valence-corrected chi connectivity index (χ0v) is 76.6. The lowest BCUT2D eigenvalue weighted by Gasteiger charge is -2.40. The molecule has 0 bridgehead atoms. The molecular weight excluding hydrogens is 1710 g/mol. The van der Waals surface area contributed by atoms with Crippen LogP contribution in [0.25, 0.3) is 55.6 Å². The summed E-state index contributed by atoms with van der Waals surface area (Å²) in [6.07, 6.45) is 45.7. The van der Waals surface area contributed by atoms with Crippen molar-refractivity contribution in [3.8, 4) is 55.6 Å². The van der Waals surface area contributed by atoms with Crippen LogP contribution in [-0.4, -0.2) is 49.8 Å². The molecule has 140 heavy (non-hydrogen) atoms. The molecule has 0 unspecified atom stereocenters. The molecule has 0 saturated carbocycles. The van der Waals surface area contributed by atoms with Crippen LogP contribution in [0, 0.1) is 0 Å². The van der Waals surface area contributed by atoms with Crippen LogP contribution in [0.1, 0.15) is 167 Å². The van der Waals surface area contributed by atoms with Gasteiger partial charge in [0.25, 0.3) is 0 Å². The number of fused-ring (bicyclic) bond motifs is 40. The minimum absolute atomic E-state index is 0.890. The van der Waals surface area contributed by atoms with Gasteiger partial charge in [-0.15, -0.1) is 0 Å². The van der Waals surface area contributed by atoms with E-state index in [1.165, 1.54) is 285 Å². The van der Waals surface area contributed by atoms with E-state index in [4.69, 9.17) is 19.9 Å². The molecular formula is C125H85N15. The van der Waals surface area contributed by atoms with Gasteiger partial charge in [-0.3, -0.25) is 49.8 Å². The van der Waals surface area contributed by atoms with Crippen molar-refractivity contribution in [1.29, 1.82) is 0 Å². The lowest BCUT2D eigenvalue weighted by atomic mass is 9.83. The van der Waals surface area contributed by atoms with Gasteiger partial charge < -0.3 is 19.6 Å². The quantitative estimate of drug-likeness (QED) is 0.142. The summed E-state index contributed by atoms with van der Waals surface area (Å²) in [5.74, 6) is 1.05. The fraction of sp³-hybridized carbons (Fsp3) is 0.120. The molecule has 0 N–H and O–H groups in total. The highest BCUT2D eigenvalue weighted by atomic mass is 15.2. The third-order valence-corrected chi connectivity index (χ3v) is 32.1. The van der Waals surface area contributed by atoms with Crippen LogP contribution >= 0.6 is 0 Å². The molecule has 20 aromatic rings. The number of anilines is 15. The van der Waals surface area contributed by atoms with Crippen molar-refractivity contribution >= 4 is 85.4 Å². The largest absolute Gasteiger partial charge is 0.309 e.